The topological polar surface area (TPSA) is 40.5 Å². The minimum atomic E-state index is -2.61. The molecule has 0 saturated carbocycles. The highest BCUT2D eigenvalue weighted by Crippen LogP contribution is 2.04. The fraction of sp³-hybridized carbons (Fsp3) is 0.600. The lowest BCUT2D eigenvalue weighted by molar-refractivity contribution is 0.382. The predicted octanol–water partition coefficient (Wildman–Crippen LogP) is 1.47. The van der Waals surface area contributed by atoms with Gasteiger partial charge < -0.3 is 9.59 Å². The fourth-order valence-electron chi connectivity index (χ4n) is 0. The highest BCUT2D eigenvalue weighted by atomic mass is 35.7. The van der Waals surface area contributed by atoms with Gasteiger partial charge in [0.2, 0.25) is 0 Å². The van der Waals surface area contributed by atoms with Crippen molar-refractivity contribution in [1.82, 2.24) is 0 Å². The molecule has 0 aromatic heterocycles. The van der Waals surface area contributed by atoms with Crippen LogP contribution in [0.3, 0.4) is 0 Å². The average Bonchev–Trinajstić information content (AvgIpc) is 1.59. The van der Waals surface area contributed by atoms with E-state index in [9.17, 15) is 0 Å². The summed E-state index contributed by atoms with van der Waals surface area (Å²) in [6, 6.07) is 0. The zero-order chi connectivity index (χ0) is 9.65. The molecule has 6 heteroatoms. The van der Waals surface area contributed by atoms with Crippen LogP contribution in [0.2, 0.25) is 13.1 Å². The van der Waals surface area contributed by atoms with E-state index >= 15 is 0 Å². The molecule has 0 aromatic rings. The Morgan fingerprint density at radius 1 is 1.36 bits per heavy atom. The second kappa shape index (κ2) is 6.22. The van der Waals surface area contributed by atoms with Crippen LogP contribution in [0.4, 0.5) is 0 Å². The van der Waals surface area contributed by atoms with E-state index in [0.29, 0.717) is 0 Å². The molecule has 0 bridgehead atoms. The smallest absolute Gasteiger partial charge is 0.326 e. The van der Waals surface area contributed by atoms with Gasteiger partial charge in [-0.3, -0.25) is 0 Å². The maximum Gasteiger partial charge on any atom is 0.326 e. The lowest BCUT2D eigenvalue weighted by atomic mass is 10.8. The van der Waals surface area contributed by atoms with Crippen LogP contribution in [0.25, 0.3) is 0 Å². The van der Waals surface area contributed by atoms with Crippen LogP contribution in [-0.2, 0) is 0 Å². The van der Waals surface area contributed by atoms with Crippen LogP contribution in [0.1, 0.15) is 6.92 Å². The van der Waals surface area contributed by atoms with Crippen molar-refractivity contribution in [2.45, 2.75) is 20.0 Å². The molecule has 0 aromatic carbocycles. The summed E-state index contributed by atoms with van der Waals surface area (Å²) in [4.78, 5) is 16.4. The van der Waals surface area contributed by atoms with E-state index in [1.54, 1.807) is 0 Å². The zero-order valence-corrected chi connectivity index (χ0v) is 10.6. The molecule has 11 heavy (non-hydrogen) atoms. The van der Waals surface area contributed by atoms with Crippen LogP contribution < -0.4 is 0 Å². The molecular formula is C5H14Cl2O2Si2. The molecule has 0 fully saturated rings. The van der Waals surface area contributed by atoms with Crippen LogP contribution in [0.5, 0.6) is 0 Å². The average molecular weight is 233 g/mol. The summed E-state index contributed by atoms with van der Waals surface area (Å²) in [6.07, 6.45) is 0. The van der Waals surface area contributed by atoms with Gasteiger partial charge in [0.15, 0.2) is 0 Å². The molecule has 0 spiro atoms. The summed E-state index contributed by atoms with van der Waals surface area (Å²) in [7, 11) is -4.10. The van der Waals surface area contributed by atoms with Crippen molar-refractivity contribution in [2.24, 2.45) is 0 Å². The Balaban J connectivity index is 0. The number of halogens is 2. The summed E-state index contributed by atoms with van der Waals surface area (Å²) in [5.41, 5.74) is 0. The van der Waals surface area contributed by atoms with Crippen molar-refractivity contribution in [2.75, 3.05) is 0 Å². The summed E-state index contributed by atoms with van der Waals surface area (Å²) in [6.45, 7) is 8.27. The molecule has 2 N–H and O–H groups in total. The normalized spacial score (nSPS) is 10.5. The fourth-order valence-corrected chi connectivity index (χ4v) is 0. The van der Waals surface area contributed by atoms with E-state index in [0.717, 1.165) is 5.20 Å². The first kappa shape index (κ1) is 14.2. The Hall–Kier alpha value is 0.674. The van der Waals surface area contributed by atoms with Crippen molar-refractivity contribution in [3.8, 4) is 0 Å². The Morgan fingerprint density at radius 2 is 1.45 bits per heavy atom. The largest absolute Gasteiger partial charge is 0.411 e. The Kier molecular flexibility index (Phi) is 8.03. The minimum Gasteiger partial charge on any atom is -0.411 e. The van der Waals surface area contributed by atoms with Gasteiger partial charge in [0.05, 0.1) is 0 Å². The van der Waals surface area contributed by atoms with Crippen molar-refractivity contribution < 1.29 is 9.59 Å². The van der Waals surface area contributed by atoms with Crippen LogP contribution >= 0.6 is 22.2 Å². The summed E-state index contributed by atoms with van der Waals surface area (Å²) >= 11 is 10.8. The van der Waals surface area contributed by atoms with Crippen molar-refractivity contribution in [3.63, 3.8) is 0 Å². The van der Waals surface area contributed by atoms with E-state index in [2.05, 4.69) is 6.58 Å². The number of rotatable bonds is 1. The van der Waals surface area contributed by atoms with Gasteiger partial charge in [0.1, 0.15) is 0 Å². The standard InChI is InChI=1S/C3H6Cl2Si.C2H8O2Si/c1-3(2)6(4)5;1-5(2,3)4/h6H,1H2,2H3;3-4H,1-2H3. The first-order valence-corrected chi connectivity index (χ1v) is 9.99. The molecule has 2 nitrogen and oxygen atoms in total. The predicted molar refractivity (Wildman–Crippen MR) is 55.6 cm³/mol. The molecule has 0 unspecified atom stereocenters. The van der Waals surface area contributed by atoms with Gasteiger partial charge in [-0.15, -0.1) is 28.7 Å². The van der Waals surface area contributed by atoms with E-state index < -0.39 is 16.0 Å². The van der Waals surface area contributed by atoms with Crippen LogP contribution in [0, 0.1) is 0 Å². The molecule has 68 valence electrons. The van der Waals surface area contributed by atoms with Crippen molar-refractivity contribution in [1.29, 1.82) is 0 Å². The van der Waals surface area contributed by atoms with E-state index in [-0.39, 0.29) is 0 Å². The third kappa shape index (κ3) is 36.8. The van der Waals surface area contributed by atoms with E-state index in [1.807, 2.05) is 6.92 Å². The highest BCUT2D eigenvalue weighted by Gasteiger charge is 2.08. The molecule has 0 aliphatic heterocycles. The Labute approximate surface area is 79.7 Å². The molecule has 0 saturated heterocycles. The van der Waals surface area contributed by atoms with Gasteiger partial charge in [-0.25, -0.2) is 0 Å². The number of hydrogen-bond acceptors (Lipinski definition) is 2. The van der Waals surface area contributed by atoms with Gasteiger partial charge in [-0.05, 0) is 20.0 Å². The maximum absolute atomic E-state index is 8.22. The molecule has 0 rings (SSSR count). The molecule has 0 aliphatic carbocycles. The molecule has 0 atom stereocenters. The second-order valence-electron chi connectivity index (χ2n) is 2.64. The molecule has 0 amide bonds. The summed E-state index contributed by atoms with van der Waals surface area (Å²) < 4.78 is 0. The van der Waals surface area contributed by atoms with Gasteiger partial charge in [-0.1, -0.05) is 5.20 Å². The van der Waals surface area contributed by atoms with E-state index in [1.165, 1.54) is 13.1 Å². The first-order chi connectivity index (χ1) is 4.64. The summed E-state index contributed by atoms with van der Waals surface area (Å²) in [5.74, 6) is 0. The number of hydrogen-bond donors (Lipinski definition) is 2. The first-order valence-electron chi connectivity index (χ1n) is 3.03. The summed E-state index contributed by atoms with van der Waals surface area (Å²) in [5, 5.41) is 0.929. The van der Waals surface area contributed by atoms with Crippen molar-refractivity contribution in [3.05, 3.63) is 11.8 Å². The third-order valence-electron chi connectivity index (χ3n) is 0.373. The van der Waals surface area contributed by atoms with Gasteiger partial charge in [0.25, 0.3) is 7.42 Å². The quantitative estimate of drug-likeness (QED) is 0.532. The van der Waals surface area contributed by atoms with Gasteiger partial charge in [0, 0.05) is 0 Å². The molecular weight excluding hydrogens is 219 g/mol. The highest BCUT2D eigenvalue weighted by molar-refractivity contribution is 7.36. The van der Waals surface area contributed by atoms with Crippen molar-refractivity contribution >= 4 is 38.1 Å². The second-order valence-corrected chi connectivity index (χ2v) is 10.5. The lowest BCUT2D eigenvalue weighted by Gasteiger charge is -1.97. The SMILES string of the molecule is C=C(C)[SiH](Cl)Cl.C[Si](C)(O)O. The number of allylic oxidation sites excluding steroid dienone is 1. The zero-order valence-electron chi connectivity index (χ0n) is 6.93. The molecule has 0 radical (unpaired) electrons. The van der Waals surface area contributed by atoms with Crippen LogP contribution in [0.15, 0.2) is 11.8 Å². The lowest BCUT2D eigenvalue weighted by Crippen LogP contribution is -2.23. The minimum absolute atomic E-state index is 0.929. The monoisotopic (exact) mass is 232 g/mol. The van der Waals surface area contributed by atoms with Gasteiger partial charge in [-0.2, -0.15) is 0 Å². The maximum atomic E-state index is 8.22. The third-order valence-corrected chi connectivity index (χ3v) is 3.35. The van der Waals surface area contributed by atoms with Crippen LogP contribution in [-0.4, -0.2) is 25.6 Å². The van der Waals surface area contributed by atoms with Gasteiger partial charge >= 0.3 is 8.56 Å². The molecule has 0 heterocycles. The van der Waals surface area contributed by atoms with E-state index in [4.69, 9.17) is 31.7 Å². The Morgan fingerprint density at radius 3 is 1.45 bits per heavy atom. The molecule has 0 aliphatic rings. The Bertz CT molecular complexity index is 116.